The minimum Gasteiger partial charge on any atom is -0.481 e. The number of aliphatic carboxylic acids is 1. The molecule has 3 atom stereocenters. The summed E-state index contributed by atoms with van der Waals surface area (Å²) in [5.41, 5.74) is 1.13. The van der Waals surface area contributed by atoms with E-state index in [2.05, 4.69) is 19.9 Å². The summed E-state index contributed by atoms with van der Waals surface area (Å²) < 4.78 is 0. The first kappa shape index (κ1) is 13.3. The zero-order valence-corrected chi connectivity index (χ0v) is 10.7. The van der Waals surface area contributed by atoms with E-state index in [-0.39, 0.29) is 5.92 Å². The van der Waals surface area contributed by atoms with Gasteiger partial charge in [-0.1, -0.05) is 31.9 Å². The predicted molar refractivity (Wildman–Crippen MR) is 66.3 cm³/mol. The minimum atomic E-state index is -0.688. The topological polar surface area (TPSA) is 37.3 Å². The molecule has 16 heavy (non-hydrogen) atoms. The van der Waals surface area contributed by atoms with Gasteiger partial charge in [0.15, 0.2) is 0 Å². The molecule has 3 unspecified atom stereocenters. The second-order valence-corrected chi connectivity index (χ2v) is 5.23. The highest BCUT2D eigenvalue weighted by atomic mass is 16.4. The Labute approximate surface area is 98.7 Å². The van der Waals surface area contributed by atoms with Crippen LogP contribution in [0.15, 0.2) is 11.6 Å². The highest BCUT2D eigenvalue weighted by molar-refractivity contribution is 5.73. The zero-order valence-electron chi connectivity index (χ0n) is 10.7. The fourth-order valence-corrected chi connectivity index (χ4v) is 2.41. The molecule has 0 bridgehead atoms. The molecule has 1 aliphatic carbocycles. The quantitative estimate of drug-likeness (QED) is 0.720. The largest absolute Gasteiger partial charge is 0.481 e. The lowest BCUT2D eigenvalue weighted by molar-refractivity contribution is -0.139. The fourth-order valence-electron chi connectivity index (χ4n) is 2.41. The van der Waals surface area contributed by atoms with Crippen LogP contribution in [0.1, 0.15) is 52.9 Å². The van der Waals surface area contributed by atoms with Crippen molar-refractivity contribution in [2.24, 2.45) is 17.8 Å². The Balaban J connectivity index is 2.45. The van der Waals surface area contributed by atoms with Crippen molar-refractivity contribution in [1.82, 2.24) is 0 Å². The van der Waals surface area contributed by atoms with Gasteiger partial charge in [0.1, 0.15) is 0 Å². The van der Waals surface area contributed by atoms with Crippen molar-refractivity contribution in [3.63, 3.8) is 0 Å². The molecule has 0 aliphatic heterocycles. The molecule has 1 aliphatic rings. The van der Waals surface area contributed by atoms with Gasteiger partial charge in [-0.2, -0.15) is 0 Å². The van der Waals surface area contributed by atoms with Gasteiger partial charge in [-0.3, -0.25) is 4.79 Å². The average Bonchev–Trinajstić information content (AvgIpc) is 2.28. The van der Waals surface area contributed by atoms with Crippen LogP contribution in [0.25, 0.3) is 0 Å². The lowest BCUT2D eigenvalue weighted by Gasteiger charge is -2.25. The molecule has 1 rings (SSSR count). The molecule has 0 aromatic heterocycles. The smallest absolute Gasteiger partial charge is 0.310 e. The van der Waals surface area contributed by atoms with Crippen LogP contribution in [0, 0.1) is 17.8 Å². The first-order valence-electron chi connectivity index (χ1n) is 6.46. The van der Waals surface area contributed by atoms with Gasteiger partial charge in [-0.25, -0.2) is 0 Å². The van der Waals surface area contributed by atoms with Gasteiger partial charge in [0, 0.05) is 0 Å². The Morgan fingerprint density at radius 1 is 1.56 bits per heavy atom. The van der Waals surface area contributed by atoms with E-state index in [0.29, 0.717) is 0 Å². The first-order chi connectivity index (χ1) is 7.54. The van der Waals surface area contributed by atoms with E-state index in [1.807, 2.05) is 0 Å². The molecule has 0 fully saturated rings. The summed E-state index contributed by atoms with van der Waals surface area (Å²) in [6.45, 7) is 6.34. The number of hydrogen-bond acceptors (Lipinski definition) is 1. The molecule has 0 saturated heterocycles. The van der Waals surface area contributed by atoms with Crippen LogP contribution in [0.4, 0.5) is 0 Å². The van der Waals surface area contributed by atoms with Crippen LogP contribution in [0.3, 0.4) is 0 Å². The van der Waals surface area contributed by atoms with E-state index < -0.39 is 5.97 Å². The van der Waals surface area contributed by atoms with Crippen molar-refractivity contribution in [3.8, 4) is 0 Å². The van der Waals surface area contributed by atoms with Crippen LogP contribution >= 0.6 is 0 Å². The number of carboxylic acids is 1. The molecule has 0 spiro atoms. The van der Waals surface area contributed by atoms with Crippen LogP contribution in [-0.2, 0) is 4.79 Å². The maximum atomic E-state index is 10.9. The Morgan fingerprint density at radius 3 is 2.69 bits per heavy atom. The predicted octanol–water partition coefficient (Wildman–Crippen LogP) is 3.87. The Morgan fingerprint density at radius 2 is 2.25 bits per heavy atom. The van der Waals surface area contributed by atoms with E-state index in [0.717, 1.165) is 30.3 Å². The van der Waals surface area contributed by atoms with Gasteiger partial charge in [0.25, 0.3) is 0 Å². The number of hydrogen-bond donors (Lipinski definition) is 1. The molecule has 0 aromatic rings. The highest BCUT2D eigenvalue weighted by Crippen LogP contribution is 2.32. The molecule has 92 valence electrons. The summed E-state index contributed by atoms with van der Waals surface area (Å²) in [4.78, 5) is 10.9. The van der Waals surface area contributed by atoms with Gasteiger partial charge >= 0.3 is 5.97 Å². The van der Waals surface area contributed by atoms with Crippen molar-refractivity contribution >= 4 is 5.97 Å². The standard InChI is InChI=1S/C14H24O2/c1-4-10(2)9-12-5-7-13(8-6-12)11(3)14(15)16/h7,10-12H,4-6,8-9H2,1-3H3,(H,15,16). The molecule has 2 nitrogen and oxygen atoms in total. The zero-order chi connectivity index (χ0) is 12.1. The van der Waals surface area contributed by atoms with Gasteiger partial charge in [-0.05, 0) is 44.4 Å². The third-order valence-electron chi connectivity index (χ3n) is 3.91. The summed E-state index contributed by atoms with van der Waals surface area (Å²) in [7, 11) is 0. The van der Waals surface area contributed by atoms with Gasteiger partial charge < -0.3 is 5.11 Å². The van der Waals surface area contributed by atoms with Gasteiger partial charge in [-0.15, -0.1) is 0 Å². The van der Waals surface area contributed by atoms with Crippen LogP contribution < -0.4 is 0 Å². The summed E-state index contributed by atoms with van der Waals surface area (Å²) in [6, 6.07) is 0. The SMILES string of the molecule is CCC(C)CC1CC=C(C(C)C(=O)O)CC1. The average molecular weight is 224 g/mol. The maximum Gasteiger partial charge on any atom is 0.310 e. The molecule has 2 heteroatoms. The van der Waals surface area contributed by atoms with Crippen LogP contribution in [-0.4, -0.2) is 11.1 Å². The second kappa shape index (κ2) is 6.07. The minimum absolute atomic E-state index is 0.287. The number of carbonyl (C=O) groups is 1. The lowest BCUT2D eigenvalue weighted by atomic mass is 9.80. The molecule has 0 radical (unpaired) electrons. The molecule has 1 N–H and O–H groups in total. The summed E-state index contributed by atoms with van der Waals surface area (Å²) >= 11 is 0. The summed E-state index contributed by atoms with van der Waals surface area (Å²) in [6.07, 6.45) is 7.95. The Hall–Kier alpha value is -0.790. The van der Waals surface area contributed by atoms with Crippen molar-refractivity contribution in [1.29, 1.82) is 0 Å². The van der Waals surface area contributed by atoms with E-state index in [1.165, 1.54) is 19.3 Å². The summed E-state index contributed by atoms with van der Waals surface area (Å²) in [5.74, 6) is 0.604. The lowest BCUT2D eigenvalue weighted by Crippen LogP contribution is -2.17. The van der Waals surface area contributed by atoms with E-state index in [1.54, 1.807) is 6.92 Å². The Bertz CT molecular complexity index is 268. The van der Waals surface area contributed by atoms with Gasteiger partial charge in [0.2, 0.25) is 0 Å². The van der Waals surface area contributed by atoms with Crippen LogP contribution in [0.2, 0.25) is 0 Å². The maximum absolute atomic E-state index is 10.9. The van der Waals surface area contributed by atoms with Gasteiger partial charge in [0.05, 0.1) is 5.92 Å². The van der Waals surface area contributed by atoms with E-state index in [4.69, 9.17) is 5.11 Å². The molecular formula is C14H24O2. The first-order valence-corrected chi connectivity index (χ1v) is 6.46. The van der Waals surface area contributed by atoms with Crippen molar-refractivity contribution in [3.05, 3.63) is 11.6 Å². The molecule has 0 saturated carbocycles. The van der Waals surface area contributed by atoms with Crippen molar-refractivity contribution in [2.75, 3.05) is 0 Å². The monoisotopic (exact) mass is 224 g/mol. The van der Waals surface area contributed by atoms with Crippen molar-refractivity contribution in [2.45, 2.75) is 52.9 Å². The molecule has 0 aromatic carbocycles. The normalized spacial score (nSPS) is 24.7. The fraction of sp³-hybridized carbons (Fsp3) is 0.786. The highest BCUT2D eigenvalue weighted by Gasteiger charge is 2.22. The Kier molecular flexibility index (Phi) is 5.04. The molecule has 0 heterocycles. The summed E-state index contributed by atoms with van der Waals surface area (Å²) in [5, 5.41) is 8.94. The van der Waals surface area contributed by atoms with E-state index >= 15 is 0 Å². The molecule has 0 amide bonds. The number of allylic oxidation sites excluding steroid dienone is 1. The third kappa shape index (κ3) is 3.66. The van der Waals surface area contributed by atoms with Crippen LogP contribution in [0.5, 0.6) is 0 Å². The third-order valence-corrected chi connectivity index (χ3v) is 3.91. The van der Waals surface area contributed by atoms with E-state index in [9.17, 15) is 4.79 Å². The number of carboxylic acid groups (broad SMARTS) is 1. The molecular weight excluding hydrogens is 200 g/mol. The number of rotatable bonds is 5. The van der Waals surface area contributed by atoms with Crippen molar-refractivity contribution < 1.29 is 9.90 Å². The second-order valence-electron chi connectivity index (χ2n) is 5.23.